The zero-order valence-electron chi connectivity index (χ0n) is 6.13. The Morgan fingerprint density at radius 1 is 1.42 bits per heavy atom. The van der Waals surface area contributed by atoms with Crippen molar-refractivity contribution in [2.24, 2.45) is 0 Å². The standard InChI is InChI=1S/C5H7F3O3S/c1-2-3-11-12(9,10)4-5(6,7)8/h2-3H,4H2,1H3/b3-2+. The lowest BCUT2D eigenvalue weighted by atomic mass is 10.8. The molecule has 0 aliphatic heterocycles. The van der Waals surface area contributed by atoms with Gasteiger partial charge in [-0.15, -0.1) is 0 Å². The van der Waals surface area contributed by atoms with Crippen molar-refractivity contribution in [1.82, 2.24) is 0 Å². The van der Waals surface area contributed by atoms with E-state index in [0.717, 1.165) is 0 Å². The Hall–Kier alpha value is -0.720. The quantitative estimate of drug-likeness (QED) is 0.516. The summed E-state index contributed by atoms with van der Waals surface area (Å²) in [6.45, 7) is 1.42. The lowest BCUT2D eigenvalue weighted by molar-refractivity contribution is -0.107. The summed E-state index contributed by atoms with van der Waals surface area (Å²) in [6, 6.07) is 0. The van der Waals surface area contributed by atoms with Gasteiger partial charge in [-0.1, -0.05) is 6.08 Å². The summed E-state index contributed by atoms with van der Waals surface area (Å²) in [7, 11) is -4.51. The van der Waals surface area contributed by atoms with Crippen LogP contribution in [0.25, 0.3) is 0 Å². The Labute approximate surface area is 68.0 Å². The second kappa shape index (κ2) is 3.79. The van der Waals surface area contributed by atoms with Crippen LogP contribution in [0.5, 0.6) is 0 Å². The highest BCUT2D eigenvalue weighted by Gasteiger charge is 2.35. The highest BCUT2D eigenvalue weighted by molar-refractivity contribution is 7.86. The fourth-order valence-corrected chi connectivity index (χ4v) is 1.12. The zero-order valence-corrected chi connectivity index (χ0v) is 6.95. The van der Waals surface area contributed by atoms with E-state index in [1.165, 1.54) is 13.0 Å². The second-order valence-electron chi connectivity index (χ2n) is 1.88. The number of halogens is 3. The monoisotopic (exact) mass is 204 g/mol. The Balaban J connectivity index is 4.25. The summed E-state index contributed by atoms with van der Waals surface area (Å²) >= 11 is 0. The molecule has 0 fully saturated rings. The number of hydrogen-bond acceptors (Lipinski definition) is 3. The predicted molar refractivity (Wildman–Crippen MR) is 35.7 cm³/mol. The fraction of sp³-hybridized carbons (Fsp3) is 0.600. The second-order valence-corrected chi connectivity index (χ2v) is 3.48. The summed E-state index contributed by atoms with van der Waals surface area (Å²) in [4.78, 5) is 0. The maximum Gasteiger partial charge on any atom is 0.406 e. The Bertz CT molecular complexity index is 252. The fourth-order valence-electron chi connectivity index (χ4n) is 0.375. The molecule has 0 aliphatic carbocycles. The third-order valence-corrected chi connectivity index (χ3v) is 1.76. The molecule has 0 bridgehead atoms. The van der Waals surface area contributed by atoms with Gasteiger partial charge >= 0.3 is 16.3 Å². The molecule has 0 radical (unpaired) electrons. The SMILES string of the molecule is C/C=C/OS(=O)(=O)CC(F)(F)F. The first kappa shape index (κ1) is 11.3. The summed E-state index contributed by atoms with van der Waals surface area (Å²) in [6.07, 6.45) is -2.91. The van der Waals surface area contributed by atoms with Crippen LogP contribution in [0, 0.1) is 0 Å². The van der Waals surface area contributed by atoms with Crippen LogP contribution in [0.4, 0.5) is 13.2 Å². The van der Waals surface area contributed by atoms with Gasteiger partial charge in [0.1, 0.15) is 6.26 Å². The molecule has 12 heavy (non-hydrogen) atoms. The minimum atomic E-state index is -4.76. The van der Waals surface area contributed by atoms with Gasteiger partial charge in [0, 0.05) is 0 Å². The first-order valence-corrected chi connectivity index (χ1v) is 4.43. The molecule has 0 saturated heterocycles. The first-order chi connectivity index (χ1) is 5.27. The number of hydrogen-bond donors (Lipinski definition) is 0. The topological polar surface area (TPSA) is 43.4 Å². The van der Waals surface area contributed by atoms with Crippen molar-refractivity contribution in [2.75, 3.05) is 5.75 Å². The van der Waals surface area contributed by atoms with Crippen molar-refractivity contribution >= 4 is 10.1 Å². The third kappa shape index (κ3) is 6.02. The normalized spacial score (nSPS) is 13.7. The minimum Gasteiger partial charge on any atom is -0.390 e. The number of alkyl halides is 3. The van der Waals surface area contributed by atoms with Crippen LogP contribution < -0.4 is 0 Å². The van der Waals surface area contributed by atoms with Gasteiger partial charge in [-0.05, 0) is 6.92 Å². The molecule has 0 rings (SSSR count). The van der Waals surface area contributed by atoms with Crippen molar-refractivity contribution in [3.8, 4) is 0 Å². The molecule has 0 aliphatic rings. The minimum absolute atomic E-state index is 0.682. The molecule has 7 heteroatoms. The van der Waals surface area contributed by atoms with E-state index in [-0.39, 0.29) is 0 Å². The molecule has 72 valence electrons. The Morgan fingerprint density at radius 2 is 1.92 bits per heavy atom. The predicted octanol–water partition coefficient (Wildman–Crippen LogP) is 1.43. The molecule has 0 spiro atoms. The number of allylic oxidation sites excluding steroid dienone is 1. The van der Waals surface area contributed by atoms with Crippen molar-refractivity contribution in [1.29, 1.82) is 0 Å². The van der Waals surface area contributed by atoms with Crippen molar-refractivity contribution in [3.63, 3.8) is 0 Å². The van der Waals surface area contributed by atoms with Gasteiger partial charge in [-0.3, -0.25) is 0 Å². The summed E-state index contributed by atoms with van der Waals surface area (Å²) in [5, 5.41) is 0. The average molecular weight is 204 g/mol. The van der Waals surface area contributed by atoms with E-state index in [4.69, 9.17) is 0 Å². The summed E-state index contributed by atoms with van der Waals surface area (Å²) in [5.74, 6) is -1.97. The van der Waals surface area contributed by atoms with Crippen LogP contribution in [0.1, 0.15) is 6.92 Å². The molecule has 0 N–H and O–H groups in total. The van der Waals surface area contributed by atoms with E-state index in [1.807, 2.05) is 0 Å². The molecule has 0 amide bonds. The third-order valence-electron chi connectivity index (χ3n) is 0.679. The molecule has 0 heterocycles. The van der Waals surface area contributed by atoms with Crippen molar-refractivity contribution in [3.05, 3.63) is 12.3 Å². The highest BCUT2D eigenvalue weighted by atomic mass is 32.2. The van der Waals surface area contributed by atoms with Crippen LogP contribution in [-0.4, -0.2) is 20.3 Å². The largest absolute Gasteiger partial charge is 0.406 e. The van der Waals surface area contributed by atoms with Crippen LogP contribution in [0.2, 0.25) is 0 Å². The van der Waals surface area contributed by atoms with Crippen LogP contribution in [0.15, 0.2) is 12.3 Å². The van der Waals surface area contributed by atoms with Crippen LogP contribution in [0.3, 0.4) is 0 Å². The Morgan fingerprint density at radius 3 is 2.25 bits per heavy atom. The zero-order chi connectivity index (χ0) is 9.83. The summed E-state index contributed by atoms with van der Waals surface area (Å²) in [5.41, 5.74) is 0. The maximum atomic E-state index is 11.5. The molecule has 3 nitrogen and oxygen atoms in total. The van der Waals surface area contributed by atoms with Gasteiger partial charge in [0.05, 0.1) is 0 Å². The van der Waals surface area contributed by atoms with E-state index in [2.05, 4.69) is 4.18 Å². The van der Waals surface area contributed by atoms with Crippen LogP contribution >= 0.6 is 0 Å². The molecule has 0 unspecified atom stereocenters. The smallest absolute Gasteiger partial charge is 0.390 e. The van der Waals surface area contributed by atoms with Crippen LogP contribution in [-0.2, 0) is 14.3 Å². The molecule has 0 saturated carbocycles. The lowest BCUT2D eigenvalue weighted by Crippen LogP contribution is -2.23. The van der Waals surface area contributed by atoms with E-state index in [1.54, 1.807) is 0 Å². The first-order valence-electron chi connectivity index (χ1n) is 2.86. The molecule has 0 atom stereocenters. The lowest BCUT2D eigenvalue weighted by Gasteiger charge is -2.05. The highest BCUT2D eigenvalue weighted by Crippen LogP contribution is 2.17. The molecule has 0 aromatic heterocycles. The van der Waals surface area contributed by atoms with Gasteiger partial charge < -0.3 is 4.18 Å². The van der Waals surface area contributed by atoms with Gasteiger partial charge in [0.15, 0.2) is 5.75 Å². The van der Waals surface area contributed by atoms with E-state index < -0.39 is 22.0 Å². The van der Waals surface area contributed by atoms with E-state index in [0.29, 0.717) is 6.26 Å². The van der Waals surface area contributed by atoms with E-state index >= 15 is 0 Å². The van der Waals surface area contributed by atoms with Gasteiger partial charge in [-0.25, -0.2) is 0 Å². The van der Waals surface area contributed by atoms with Crippen molar-refractivity contribution < 1.29 is 25.8 Å². The Kier molecular flexibility index (Phi) is 3.56. The molecular formula is C5H7F3O3S. The van der Waals surface area contributed by atoms with Gasteiger partial charge in [0.25, 0.3) is 0 Å². The number of rotatable bonds is 3. The molecular weight excluding hydrogens is 197 g/mol. The molecule has 0 aromatic carbocycles. The van der Waals surface area contributed by atoms with Gasteiger partial charge in [0.2, 0.25) is 0 Å². The van der Waals surface area contributed by atoms with E-state index in [9.17, 15) is 21.6 Å². The van der Waals surface area contributed by atoms with Crippen molar-refractivity contribution in [2.45, 2.75) is 13.1 Å². The maximum absolute atomic E-state index is 11.5. The van der Waals surface area contributed by atoms with Gasteiger partial charge in [-0.2, -0.15) is 21.6 Å². The average Bonchev–Trinajstić information content (AvgIpc) is 1.78. The summed E-state index contributed by atoms with van der Waals surface area (Å²) < 4.78 is 59.1. The molecule has 0 aromatic rings.